The monoisotopic (exact) mass is 487 g/mol. The highest BCUT2D eigenvalue weighted by atomic mass is 16.2. The van der Waals surface area contributed by atoms with Gasteiger partial charge < -0.3 is 20.9 Å². The molecule has 7 heteroatoms. The fourth-order valence-corrected chi connectivity index (χ4v) is 6.34. The molecule has 0 radical (unpaired) electrons. The number of aromatic amines is 1. The lowest BCUT2D eigenvalue weighted by Gasteiger charge is -2.36. The van der Waals surface area contributed by atoms with Crippen LogP contribution in [0.25, 0.3) is 22.2 Å². The summed E-state index contributed by atoms with van der Waals surface area (Å²) >= 11 is 0. The van der Waals surface area contributed by atoms with Crippen molar-refractivity contribution in [2.24, 2.45) is 17.6 Å². The molecule has 0 bridgehead atoms. The van der Waals surface area contributed by atoms with Gasteiger partial charge in [0.15, 0.2) is 0 Å². The Bertz CT molecular complexity index is 1220. The number of amides is 2. The summed E-state index contributed by atoms with van der Waals surface area (Å²) in [5.41, 5.74) is 9.86. The zero-order valence-electron chi connectivity index (χ0n) is 21.1. The molecule has 4 N–H and O–H groups in total. The average molecular weight is 488 g/mol. The standard InChI is InChI=1S/C29H37N5O2/c1-31-26(28(30)35)17-22(19-8-3-2-4-9-19)29(36)34-15-7-12-27(34)20-13-14-32-25(16-20)23-18-33-24-11-6-5-10-21(23)24/h5-6,10-11,13-14,16,18-19,22,26-27,31,33H,2-4,7-9,12,15,17H2,1H3,(H2,30,35). The highest BCUT2D eigenvalue weighted by Crippen LogP contribution is 2.39. The summed E-state index contributed by atoms with van der Waals surface area (Å²) in [6.07, 6.45) is 11.9. The fraction of sp³-hybridized carbons (Fsp3) is 0.483. The van der Waals surface area contributed by atoms with E-state index in [9.17, 15) is 9.59 Å². The van der Waals surface area contributed by atoms with Gasteiger partial charge in [0.05, 0.1) is 17.8 Å². The number of fused-ring (bicyclic) bond motifs is 1. The maximum atomic E-state index is 14.1. The van der Waals surface area contributed by atoms with Crippen LogP contribution >= 0.6 is 0 Å². The van der Waals surface area contributed by atoms with E-state index in [1.807, 2.05) is 30.6 Å². The summed E-state index contributed by atoms with van der Waals surface area (Å²) in [6.45, 7) is 0.748. The topological polar surface area (TPSA) is 104 Å². The SMILES string of the molecule is CNC(CC(C(=O)N1CCCC1c1ccnc(-c2c[nH]c3ccccc23)c1)C1CCCCC1)C(N)=O. The minimum absolute atomic E-state index is 0.0251. The number of carbonyl (C=O) groups is 2. The van der Waals surface area contributed by atoms with Gasteiger partial charge in [-0.05, 0) is 68.8 Å². The van der Waals surface area contributed by atoms with E-state index in [2.05, 4.69) is 38.4 Å². The Morgan fingerprint density at radius 2 is 1.94 bits per heavy atom. The third-order valence-corrected chi connectivity index (χ3v) is 8.29. The van der Waals surface area contributed by atoms with Gasteiger partial charge in [-0.3, -0.25) is 14.6 Å². The summed E-state index contributed by atoms with van der Waals surface area (Å²) in [5, 5.41) is 4.18. The first-order valence-corrected chi connectivity index (χ1v) is 13.4. The van der Waals surface area contributed by atoms with Crippen molar-refractivity contribution in [2.45, 2.75) is 63.5 Å². The molecule has 2 aromatic heterocycles. The molecule has 3 atom stereocenters. The molecule has 36 heavy (non-hydrogen) atoms. The van der Waals surface area contributed by atoms with Crippen LogP contribution in [-0.2, 0) is 9.59 Å². The average Bonchev–Trinajstić information content (AvgIpc) is 3.57. The van der Waals surface area contributed by atoms with Crippen LogP contribution in [0.4, 0.5) is 0 Å². The first-order valence-electron chi connectivity index (χ1n) is 13.4. The van der Waals surface area contributed by atoms with Gasteiger partial charge in [-0.15, -0.1) is 0 Å². The molecule has 2 amide bonds. The van der Waals surface area contributed by atoms with Crippen molar-refractivity contribution >= 4 is 22.7 Å². The summed E-state index contributed by atoms with van der Waals surface area (Å²) < 4.78 is 0. The number of nitrogens with one attached hydrogen (secondary N) is 2. The molecule has 1 aromatic carbocycles. The number of hydrogen-bond donors (Lipinski definition) is 3. The zero-order chi connectivity index (χ0) is 25.1. The Kier molecular flexibility index (Phi) is 7.37. The van der Waals surface area contributed by atoms with Crippen molar-refractivity contribution in [1.82, 2.24) is 20.2 Å². The van der Waals surface area contributed by atoms with Crippen molar-refractivity contribution in [3.05, 3.63) is 54.4 Å². The lowest BCUT2D eigenvalue weighted by Crippen LogP contribution is -2.46. The predicted octanol–water partition coefficient (Wildman–Crippen LogP) is 4.55. The second-order valence-corrected chi connectivity index (χ2v) is 10.4. The first-order chi connectivity index (χ1) is 17.6. The van der Waals surface area contributed by atoms with Crippen molar-refractivity contribution < 1.29 is 9.59 Å². The molecule has 190 valence electrons. The number of likely N-dealkylation sites (N-methyl/N-ethyl adjacent to an activating group) is 1. The van der Waals surface area contributed by atoms with E-state index >= 15 is 0 Å². The van der Waals surface area contributed by atoms with Crippen LogP contribution in [0.15, 0.2) is 48.8 Å². The molecule has 5 rings (SSSR count). The molecule has 2 fully saturated rings. The zero-order valence-corrected chi connectivity index (χ0v) is 21.1. The maximum Gasteiger partial charge on any atom is 0.234 e. The molecule has 2 aliphatic rings. The second-order valence-electron chi connectivity index (χ2n) is 10.4. The number of benzene rings is 1. The van der Waals surface area contributed by atoms with E-state index in [1.54, 1.807) is 7.05 Å². The molecule has 7 nitrogen and oxygen atoms in total. The van der Waals surface area contributed by atoms with E-state index < -0.39 is 6.04 Å². The number of para-hydroxylation sites is 1. The Hall–Kier alpha value is -3.19. The molecule has 1 saturated carbocycles. The highest BCUT2D eigenvalue weighted by molar-refractivity contribution is 5.94. The summed E-state index contributed by atoms with van der Waals surface area (Å²) in [7, 11) is 1.75. The van der Waals surface area contributed by atoms with Gasteiger partial charge in [-0.25, -0.2) is 0 Å². The molecule has 1 saturated heterocycles. The third kappa shape index (κ3) is 4.89. The van der Waals surface area contributed by atoms with Gasteiger partial charge in [0.1, 0.15) is 0 Å². The number of nitrogens with zero attached hydrogens (tertiary/aromatic N) is 2. The molecular weight excluding hydrogens is 450 g/mol. The number of pyridine rings is 1. The first kappa shape index (κ1) is 24.5. The number of hydrogen-bond acceptors (Lipinski definition) is 4. The van der Waals surface area contributed by atoms with Crippen molar-refractivity contribution in [2.75, 3.05) is 13.6 Å². The lowest BCUT2D eigenvalue weighted by atomic mass is 9.76. The fourth-order valence-electron chi connectivity index (χ4n) is 6.34. The molecule has 0 spiro atoms. The number of nitrogens with two attached hydrogens (primary N) is 1. The van der Waals surface area contributed by atoms with Gasteiger partial charge in [-0.1, -0.05) is 37.5 Å². The van der Waals surface area contributed by atoms with Crippen LogP contribution in [0.1, 0.15) is 63.0 Å². The molecule has 3 unspecified atom stereocenters. The van der Waals surface area contributed by atoms with Gasteiger partial charge in [0, 0.05) is 41.3 Å². The van der Waals surface area contributed by atoms with Crippen LogP contribution in [-0.4, -0.2) is 46.3 Å². The lowest BCUT2D eigenvalue weighted by molar-refractivity contribution is -0.139. The van der Waals surface area contributed by atoms with Crippen molar-refractivity contribution in [1.29, 1.82) is 0 Å². The van der Waals surface area contributed by atoms with E-state index in [1.165, 1.54) is 6.42 Å². The van der Waals surface area contributed by atoms with E-state index in [-0.39, 0.29) is 23.8 Å². The van der Waals surface area contributed by atoms with Crippen LogP contribution < -0.4 is 11.1 Å². The summed E-state index contributed by atoms with van der Waals surface area (Å²) in [5.74, 6) is -0.0920. The van der Waals surface area contributed by atoms with E-state index in [4.69, 9.17) is 5.73 Å². The number of aromatic nitrogens is 2. The van der Waals surface area contributed by atoms with Gasteiger partial charge in [-0.2, -0.15) is 0 Å². The quantitative estimate of drug-likeness (QED) is 0.433. The van der Waals surface area contributed by atoms with Crippen LogP contribution in [0.2, 0.25) is 0 Å². The number of primary amides is 1. The number of likely N-dealkylation sites (tertiary alicyclic amines) is 1. The number of rotatable bonds is 8. The van der Waals surface area contributed by atoms with E-state index in [0.29, 0.717) is 12.3 Å². The normalized spacial score (nSPS) is 20.5. The van der Waals surface area contributed by atoms with Crippen LogP contribution in [0.3, 0.4) is 0 Å². The smallest absolute Gasteiger partial charge is 0.234 e. The molecular formula is C29H37N5O2. The Morgan fingerprint density at radius 1 is 1.14 bits per heavy atom. The number of carbonyl (C=O) groups excluding carboxylic acids is 2. The minimum Gasteiger partial charge on any atom is -0.368 e. The molecule has 1 aliphatic carbocycles. The van der Waals surface area contributed by atoms with Crippen molar-refractivity contribution in [3.8, 4) is 11.3 Å². The van der Waals surface area contributed by atoms with Gasteiger partial charge >= 0.3 is 0 Å². The highest BCUT2D eigenvalue weighted by Gasteiger charge is 2.39. The van der Waals surface area contributed by atoms with Crippen LogP contribution in [0.5, 0.6) is 0 Å². The minimum atomic E-state index is -0.490. The van der Waals surface area contributed by atoms with Gasteiger partial charge in [0.2, 0.25) is 11.8 Å². The summed E-state index contributed by atoms with van der Waals surface area (Å²) in [4.78, 5) is 36.2. The van der Waals surface area contributed by atoms with Gasteiger partial charge in [0.25, 0.3) is 0 Å². The summed E-state index contributed by atoms with van der Waals surface area (Å²) in [6, 6.07) is 12.0. The number of H-pyrrole nitrogens is 1. The third-order valence-electron chi connectivity index (χ3n) is 8.29. The Balaban J connectivity index is 1.42. The van der Waals surface area contributed by atoms with Crippen LogP contribution in [0, 0.1) is 11.8 Å². The predicted molar refractivity (Wildman–Crippen MR) is 142 cm³/mol. The Labute approximate surface area is 212 Å². The molecule has 3 aromatic rings. The molecule has 3 heterocycles. The largest absolute Gasteiger partial charge is 0.368 e. The molecule has 1 aliphatic heterocycles. The Morgan fingerprint density at radius 3 is 2.72 bits per heavy atom. The van der Waals surface area contributed by atoms with Crippen molar-refractivity contribution in [3.63, 3.8) is 0 Å². The van der Waals surface area contributed by atoms with E-state index in [0.717, 1.165) is 72.8 Å². The second kappa shape index (κ2) is 10.8. The maximum absolute atomic E-state index is 14.1.